The van der Waals surface area contributed by atoms with Crippen molar-refractivity contribution in [1.82, 2.24) is 9.97 Å². The Balaban J connectivity index is 2.35. The van der Waals surface area contributed by atoms with Crippen molar-refractivity contribution >= 4 is 23.1 Å². The first-order chi connectivity index (χ1) is 6.70. The van der Waals surface area contributed by atoms with Crippen LogP contribution in [0.2, 0.25) is 5.28 Å². The van der Waals surface area contributed by atoms with Crippen LogP contribution in [0, 0.1) is 0 Å². The number of anilines is 2. The molecule has 0 saturated carbocycles. The molecule has 0 fully saturated rings. The van der Waals surface area contributed by atoms with Gasteiger partial charge >= 0.3 is 0 Å². The van der Waals surface area contributed by atoms with E-state index in [1.807, 2.05) is 7.05 Å². The maximum atomic E-state index is 5.73. The molecule has 76 valence electrons. The highest BCUT2D eigenvalue weighted by atomic mass is 35.5. The van der Waals surface area contributed by atoms with Crippen LogP contribution in [0.3, 0.4) is 0 Å². The van der Waals surface area contributed by atoms with E-state index in [9.17, 15) is 0 Å². The Hall–Kier alpha value is -1.03. The molecule has 0 radical (unpaired) electrons. The minimum absolute atomic E-state index is 0.293. The SMILES string of the molecule is CC[C@H]1CN(C)c2cnc(Cl)nc2N1. The molecule has 1 aromatic heterocycles. The van der Waals surface area contributed by atoms with E-state index in [4.69, 9.17) is 11.6 Å². The highest BCUT2D eigenvalue weighted by molar-refractivity contribution is 6.28. The first-order valence-corrected chi connectivity index (χ1v) is 5.08. The van der Waals surface area contributed by atoms with Crippen LogP contribution in [-0.2, 0) is 0 Å². The molecule has 0 spiro atoms. The van der Waals surface area contributed by atoms with Crippen LogP contribution >= 0.6 is 11.6 Å². The van der Waals surface area contributed by atoms with E-state index in [1.54, 1.807) is 6.20 Å². The summed E-state index contributed by atoms with van der Waals surface area (Å²) in [5.41, 5.74) is 1.01. The van der Waals surface area contributed by atoms with Gasteiger partial charge in [-0.1, -0.05) is 6.92 Å². The zero-order chi connectivity index (χ0) is 10.1. The second-order valence-corrected chi connectivity index (χ2v) is 3.84. The minimum atomic E-state index is 0.293. The van der Waals surface area contributed by atoms with Crippen LogP contribution in [0.25, 0.3) is 0 Å². The van der Waals surface area contributed by atoms with Crippen LogP contribution in [-0.4, -0.2) is 29.6 Å². The summed E-state index contributed by atoms with van der Waals surface area (Å²) in [5, 5.41) is 3.63. The lowest BCUT2D eigenvalue weighted by Gasteiger charge is -2.33. The van der Waals surface area contributed by atoms with Gasteiger partial charge in [-0.2, -0.15) is 4.98 Å². The Labute approximate surface area is 88.3 Å². The lowest BCUT2D eigenvalue weighted by molar-refractivity contribution is 0.655. The van der Waals surface area contributed by atoms with Crippen molar-refractivity contribution in [3.8, 4) is 0 Å². The van der Waals surface area contributed by atoms with E-state index < -0.39 is 0 Å². The summed E-state index contributed by atoms with van der Waals surface area (Å²) in [6.45, 7) is 3.13. The topological polar surface area (TPSA) is 41.1 Å². The van der Waals surface area contributed by atoms with Crippen LogP contribution in [0.15, 0.2) is 6.20 Å². The Morgan fingerprint density at radius 2 is 2.50 bits per heavy atom. The number of halogens is 1. The van der Waals surface area contributed by atoms with E-state index >= 15 is 0 Å². The van der Waals surface area contributed by atoms with Crippen molar-refractivity contribution in [1.29, 1.82) is 0 Å². The van der Waals surface area contributed by atoms with Crippen LogP contribution < -0.4 is 10.2 Å². The average molecular weight is 213 g/mol. The van der Waals surface area contributed by atoms with Crippen molar-refractivity contribution in [3.05, 3.63) is 11.5 Å². The van der Waals surface area contributed by atoms with E-state index in [0.29, 0.717) is 11.3 Å². The average Bonchev–Trinajstić information content (AvgIpc) is 2.16. The molecule has 1 aromatic rings. The molecule has 14 heavy (non-hydrogen) atoms. The lowest BCUT2D eigenvalue weighted by atomic mass is 10.1. The monoisotopic (exact) mass is 212 g/mol. The summed E-state index contributed by atoms with van der Waals surface area (Å²) in [6.07, 6.45) is 2.83. The summed E-state index contributed by atoms with van der Waals surface area (Å²) in [5.74, 6) is 0.839. The molecule has 0 aliphatic carbocycles. The normalized spacial score (nSPS) is 20.2. The van der Waals surface area contributed by atoms with Crippen LogP contribution in [0.1, 0.15) is 13.3 Å². The van der Waals surface area contributed by atoms with E-state index in [2.05, 4.69) is 27.1 Å². The van der Waals surface area contributed by atoms with Gasteiger partial charge in [0, 0.05) is 19.6 Å². The highest BCUT2D eigenvalue weighted by Crippen LogP contribution is 2.28. The third-order valence-corrected chi connectivity index (χ3v) is 2.66. The van der Waals surface area contributed by atoms with Gasteiger partial charge in [0.1, 0.15) is 0 Å². The van der Waals surface area contributed by atoms with Crippen LogP contribution in [0.5, 0.6) is 0 Å². The fraction of sp³-hybridized carbons (Fsp3) is 0.556. The third-order valence-electron chi connectivity index (χ3n) is 2.48. The van der Waals surface area contributed by atoms with Gasteiger partial charge in [0.05, 0.1) is 11.9 Å². The van der Waals surface area contributed by atoms with Crippen LogP contribution in [0.4, 0.5) is 11.5 Å². The zero-order valence-corrected chi connectivity index (χ0v) is 9.04. The molecule has 5 heteroatoms. The predicted molar refractivity (Wildman–Crippen MR) is 58.0 cm³/mol. The number of hydrogen-bond donors (Lipinski definition) is 1. The molecule has 1 aliphatic heterocycles. The molecule has 1 aliphatic rings. The molecule has 4 nitrogen and oxygen atoms in total. The van der Waals surface area contributed by atoms with Gasteiger partial charge in [-0.05, 0) is 18.0 Å². The fourth-order valence-electron chi connectivity index (χ4n) is 1.64. The van der Waals surface area contributed by atoms with Crippen molar-refractivity contribution in [2.45, 2.75) is 19.4 Å². The van der Waals surface area contributed by atoms with E-state index in [0.717, 1.165) is 24.5 Å². The van der Waals surface area contributed by atoms with Crippen molar-refractivity contribution < 1.29 is 0 Å². The van der Waals surface area contributed by atoms with Crippen molar-refractivity contribution in [2.75, 3.05) is 23.8 Å². The molecule has 0 unspecified atom stereocenters. The largest absolute Gasteiger partial charge is 0.368 e. The van der Waals surface area contributed by atoms with Gasteiger partial charge in [-0.25, -0.2) is 4.98 Å². The standard InChI is InChI=1S/C9H13ClN4/c1-3-6-5-14(2)7-4-11-9(10)13-8(7)12-6/h4,6H,3,5H2,1-2H3,(H,11,12,13)/t6-/m0/s1. The van der Waals surface area contributed by atoms with E-state index in [-0.39, 0.29) is 0 Å². The number of aromatic nitrogens is 2. The maximum Gasteiger partial charge on any atom is 0.224 e. The summed E-state index contributed by atoms with van der Waals surface area (Å²) < 4.78 is 0. The first kappa shape index (κ1) is 9.52. The predicted octanol–water partition coefficient (Wildman–Crippen LogP) is 1.77. The first-order valence-electron chi connectivity index (χ1n) is 4.71. The number of fused-ring (bicyclic) bond motifs is 1. The molecule has 1 atom stereocenters. The van der Waals surface area contributed by atoms with Crippen molar-refractivity contribution in [3.63, 3.8) is 0 Å². The quantitative estimate of drug-likeness (QED) is 0.721. The Morgan fingerprint density at radius 1 is 1.71 bits per heavy atom. The molecule has 0 aromatic carbocycles. The second kappa shape index (κ2) is 3.61. The molecule has 1 N–H and O–H groups in total. The van der Waals surface area contributed by atoms with Gasteiger partial charge in [0.25, 0.3) is 0 Å². The summed E-state index contributed by atoms with van der Waals surface area (Å²) in [6, 6.07) is 0.443. The maximum absolute atomic E-state index is 5.73. The third kappa shape index (κ3) is 1.62. The molecular weight excluding hydrogens is 200 g/mol. The zero-order valence-electron chi connectivity index (χ0n) is 8.29. The molecule has 2 rings (SSSR count). The molecule has 0 saturated heterocycles. The van der Waals surface area contributed by atoms with Gasteiger partial charge in [-0.15, -0.1) is 0 Å². The van der Waals surface area contributed by atoms with Gasteiger partial charge in [0.15, 0.2) is 5.82 Å². The summed E-state index contributed by atoms with van der Waals surface area (Å²) in [7, 11) is 2.04. The Morgan fingerprint density at radius 3 is 3.21 bits per heavy atom. The molecule has 0 amide bonds. The Kier molecular flexibility index (Phi) is 2.46. The summed E-state index contributed by atoms with van der Waals surface area (Å²) >= 11 is 5.73. The van der Waals surface area contributed by atoms with E-state index in [1.165, 1.54) is 0 Å². The second-order valence-electron chi connectivity index (χ2n) is 3.50. The lowest BCUT2D eigenvalue weighted by Crippen LogP contribution is -2.39. The number of likely N-dealkylation sites (N-methyl/N-ethyl adjacent to an activating group) is 1. The number of rotatable bonds is 1. The van der Waals surface area contributed by atoms with Gasteiger partial charge < -0.3 is 10.2 Å². The fourth-order valence-corrected chi connectivity index (χ4v) is 1.77. The molecular formula is C9H13ClN4. The molecule has 0 bridgehead atoms. The smallest absolute Gasteiger partial charge is 0.224 e. The number of nitrogens with one attached hydrogen (secondary N) is 1. The number of hydrogen-bond acceptors (Lipinski definition) is 4. The number of nitrogens with zero attached hydrogens (tertiary/aromatic N) is 3. The highest BCUT2D eigenvalue weighted by Gasteiger charge is 2.21. The minimum Gasteiger partial charge on any atom is -0.368 e. The van der Waals surface area contributed by atoms with Gasteiger partial charge in [0.2, 0.25) is 5.28 Å². The van der Waals surface area contributed by atoms with Crippen molar-refractivity contribution in [2.24, 2.45) is 0 Å². The van der Waals surface area contributed by atoms with Gasteiger partial charge in [-0.3, -0.25) is 0 Å². The summed E-state index contributed by atoms with van der Waals surface area (Å²) in [4.78, 5) is 10.3. The Bertz CT molecular complexity index is 342. The molecule has 2 heterocycles.